The monoisotopic (exact) mass is 301 g/mol. The Morgan fingerprint density at radius 3 is 2.37 bits per heavy atom. The van der Waals surface area contributed by atoms with Crippen LogP contribution in [0.15, 0.2) is 29.2 Å². The molecule has 0 aromatic heterocycles. The van der Waals surface area contributed by atoms with E-state index in [1.54, 1.807) is 19.2 Å². The molecule has 0 heterocycles. The second-order valence-electron chi connectivity index (χ2n) is 5.34. The lowest BCUT2D eigenvalue weighted by molar-refractivity contribution is 0.444. The zero-order valence-corrected chi connectivity index (χ0v) is 12.9. The van der Waals surface area contributed by atoms with Gasteiger partial charge in [-0.05, 0) is 42.4 Å². The zero-order chi connectivity index (χ0) is 14.0. The van der Waals surface area contributed by atoms with Crippen molar-refractivity contribution in [2.24, 2.45) is 11.8 Å². The Labute approximate surface area is 120 Å². The molecule has 0 N–H and O–H groups in total. The van der Waals surface area contributed by atoms with Crippen molar-refractivity contribution in [2.45, 2.75) is 24.7 Å². The van der Waals surface area contributed by atoms with Gasteiger partial charge < -0.3 is 0 Å². The normalized spacial score (nSPS) is 22.7. The van der Waals surface area contributed by atoms with Crippen LogP contribution in [0.25, 0.3) is 0 Å². The third-order valence-corrected chi connectivity index (χ3v) is 5.81. The summed E-state index contributed by atoms with van der Waals surface area (Å²) in [6.07, 6.45) is 1.89. The number of benzene rings is 1. The molecule has 0 amide bonds. The maximum absolute atomic E-state index is 12.4. The lowest BCUT2D eigenvalue weighted by Crippen LogP contribution is -2.29. The van der Waals surface area contributed by atoms with Crippen LogP contribution in [-0.2, 0) is 16.4 Å². The van der Waals surface area contributed by atoms with Crippen molar-refractivity contribution < 1.29 is 8.42 Å². The number of alkyl halides is 1. The van der Waals surface area contributed by atoms with E-state index in [1.165, 1.54) is 4.31 Å². The van der Waals surface area contributed by atoms with Crippen LogP contribution in [0.3, 0.4) is 0 Å². The van der Waals surface area contributed by atoms with Crippen molar-refractivity contribution in [3.8, 4) is 0 Å². The molecule has 106 valence electrons. The fourth-order valence-corrected chi connectivity index (χ4v) is 3.64. The van der Waals surface area contributed by atoms with E-state index in [0.29, 0.717) is 29.2 Å². The van der Waals surface area contributed by atoms with Gasteiger partial charge in [-0.15, -0.1) is 11.6 Å². The van der Waals surface area contributed by atoms with Gasteiger partial charge in [0.15, 0.2) is 0 Å². The highest BCUT2D eigenvalue weighted by molar-refractivity contribution is 7.89. The van der Waals surface area contributed by atoms with Crippen molar-refractivity contribution in [2.75, 3.05) is 19.5 Å². The maximum atomic E-state index is 12.4. The van der Waals surface area contributed by atoms with Crippen molar-refractivity contribution in [3.63, 3.8) is 0 Å². The second-order valence-corrected chi connectivity index (χ2v) is 7.76. The third kappa shape index (κ3) is 3.50. The molecule has 1 aliphatic rings. The predicted octanol–water partition coefficient (Wildman–Crippen LogP) is 2.74. The van der Waals surface area contributed by atoms with Gasteiger partial charge in [-0.25, -0.2) is 12.7 Å². The SMILES string of the molecule is CC1CC1CN(C)S(=O)(=O)c1ccc(CCCl)cc1. The molecule has 0 saturated heterocycles. The molecule has 1 aromatic carbocycles. The summed E-state index contributed by atoms with van der Waals surface area (Å²) in [6.45, 7) is 2.78. The summed E-state index contributed by atoms with van der Waals surface area (Å²) < 4.78 is 26.2. The highest BCUT2D eigenvalue weighted by atomic mass is 35.5. The van der Waals surface area contributed by atoms with E-state index in [-0.39, 0.29) is 0 Å². The molecule has 0 bridgehead atoms. The van der Waals surface area contributed by atoms with Crippen molar-refractivity contribution >= 4 is 21.6 Å². The van der Waals surface area contributed by atoms with Crippen LogP contribution < -0.4 is 0 Å². The molecule has 1 fully saturated rings. The number of hydrogen-bond acceptors (Lipinski definition) is 2. The van der Waals surface area contributed by atoms with Crippen LogP contribution in [0.5, 0.6) is 0 Å². The molecule has 0 aliphatic heterocycles. The number of rotatable bonds is 6. The van der Waals surface area contributed by atoms with Gasteiger partial charge in [0.2, 0.25) is 10.0 Å². The fourth-order valence-electron chi connectivity index (χ4n) is 2.20. The molecule has 2 atom stereocenters. The Morgan fingerprint density at radius 2 is 1.89 bits per heavy atom. The largest absolute Gasteiger partial charge is 0.242 e. The fraction of sp³-hybridized carbons (Fsp3) is 0.571. The van der Waals surface area contributed by atoms with E-state index in [4.69, 9.17) is 11.6 Å². The molecular weight excluding hydrogens is 282 g/mol. The van der Waals surface area contributed by atoms with Crippen LogP contribution in [0.2, 0.25) is 0 Å². The van der Waals surface area contributed by atoms with Gasteiger partial charge >= 0.3 is 0 Å². The molecular formula is C14H20ClNO2S. The lowest BCUT2D eigenvalue weighted by Gasteiger charge is -2.17. The Bertz CT molecular complexity index is 527. The first-order chi connectivity index (χ1) is 8.95. The zero-order valence-electron chi connectivity index (χ0n) is 11.3. The minimum Gasteiger partial charge on any atom is -0.207 e. The smallest absolute Gasteiger partial charge is 0.207 e. The van der Waals surface area contributed by atoms with Gasteiger partial charge in [0.25, 0.3) is 0 Å². The molecule has 0 radical (unpaired) electrons. The van der Waals surface area contributed by atoms with E-state index in [0.717, 1.165) is 18.4 Å². The van der Waals surface area contributed by atoms with Crippen molar-refractivity contribution in [1.29, 1.82) is 0 Å². The van der Waals surface area contributed by atoms with E-state index in [1.807, 2.05) is 12.1 Å². The van der Waals surface area contributed by atoms with Gasteiger partial charge in [-0.1, -0.05) is 19.1 Å². The average Bonchev–Trinajstić information content (AvgIpc) is 3.06. The van der Waals surface area contributed by atoms with Crippen LogP contribution in [-0.4, -0.2) is 32.2 Å². The van der Waals surface area contributed by atoms with Crippen LogP contribution in [0.4, 0.5) is 0 Å². The number of nitrogens with zero attached hydrogens (tertiary/aromatic N) is 1. The molecule has 5 heteroatoms. The van der Waals surface area contributed by atoms with Gasteiger partial charge in [0, 0.05) is 19.5 Å². The number of sulfonamides is 1. The summed E-state index contributed by atoms with van der Waals surface area (Å²) in [4.78, 5) is 0.363. The third-order valence-electron chi connectivity index (χ3n) is 3.78. The topological polar surface area (TPSA) is 37.4 Å². The molecule has 19 heavy (non-hydrogen) atoms. The van der Waals surface area contributed by atoms with Crippen molar-refractivity contribution in [1.82, 2.24) is 4.31 Å². The number of aryl methyl sites for hydroxylation is 1. The summed E-state index contributed by atoms with van der Waals surface area (Å²) in [6, 6.07) is 7.01. The van der Waals surface area contributed by atoms with Crippen LogP contribution >= 0.6 is 11.6 Å². The molecule has 2 rings (SSSR count). The lowest BCUT2D eigenvalue weighted by atomic mass is 10.2. The first kappa shape index (κ1) is 14.8. The molecule has 1 aromatic rings. The molecule has 1 saturated carbocycles. The first-order valence-electron chi connectivity index (χ1n) is 6.56. The van der Waals surface area contributed by atoms with E-state index >= 15 is 0 Å². The highest BCUT2D eigenvalue weighted by Crippen LogP contribution is 2.38. The number of hydrogen-bond donors (Lipinski definition) is 0. The minimum absolute atomic E-state index is 0.363. The quantitative estimate of drug-likeness (QED) is 0.758. The molecule has 3 nitrogen and oxygen atoms in total. The predicted molar refractivity (Wildman–Crippen MR) is 78.0 cm³/mol. The Balaban J connectivity index is 2.09. The molecule has 0 spiro atoms. The van der Waals surface area contributed by atoms with E-state index < -0.39 is 10.0 Å². The van der Waals surface area contributed by atoms with Crippen LogP contribution in [0, 0.1) is 11.8 Å². The first-order valence-corrected chi connectivity index (χ1v) is 8.54. The summed E-state index contributed by atoms with van der Waals surface area (Å²) >= 11 is 5.67. The summed E-state index contributed by atoms with van der Waals surface area (Å²) in [5.74, 6) is 1.73. The molecule has 1 aliphatic carbocycles. The standard InChI is InChI=1S/C14H20ClNO2S/c1-11-9-13(11)10-16(2)19(17,18)14-5-3-12(4-6-14)7-8-15/h3-6,11,13H,7-10H2,1-2H3. The average molecular weight is 302 g/mol. The highest BCUT2D eigenvalue weighted by Gasteiger charge is 2.36. The summed E-state index contributed by atoms with van der Waals surface area (Å²) in [5, 5.41) is 0. The molecule has 2 unspecified atom stereocenters. The Hall–Kier alpha value is -0.580. The number of halogens is 1. The van der Waals surface area contributed by atoms with Gasteiger partial charge in [0.1, 0.15) is 0 Å². The minimum atomic E-state index is -3.35. The summed E-state index contributed by atoms with van der Waals surface area (Å²) in [7, 11) is -1.69. The van der Waals surface area contributed by atoms with Gasteiger partial charge in [-0.3, -0.25) is 0 Å². The van der Waals surface area contributed by atoms with E-state index in [9.17, 15) is 8.42 Å². The van der Waals surface area contributed by atoms with Gasteiger partial charge in [-0.2, -0.15) is 0 Å². The van der Waals surface area contributed by atoms with Crippen molar-refractivity contribution in [3.05, 3.63) is 29.8 Å². The van der Waals surface area contributed by atoms with Crippen LogP contribution in [0.1, 0.15) is 18.9 Å². The maximum Gasteiger partial charge on any atom is 0.242 e. The Morgan fingerprint density at radius 1 is 1.32 bits per heavy atom. The summed E-state index contributed by atoms with van der Waals surface area (Å²) in [5.41, 5.74) is 1.06. The second kappa shape index (κ2) is 5.81. The van der Waals surface area contributed by atoms with Gasteiger partial charge in [0.05, 0.1) is 4.90 Å². The van der Waals surface area contributed by atoms with E-state index in [2.05, 4.69) is 6.92 Å². The Kier molecular flexibility index (Phi) is 4.54.